The Balaban J connectivity index is 2.10. The second-order valence-corrected chi connectivity index (χ2v) is 5.09. The third-order valence-electron chi connectivity index (χ3n) is 3.38. The van der Waals surface area contributed by atoms with Gasteiger partial charge in [-0.2, -0.15) is 5.10 Å². The molecule has 2 N–H and O–H groups in total. The van der Waals surface area contributed by atoms with Crippen LogP contribution in [0.1, 0.15) is 43.1 Å². The van der Waals surface area contributed by atoms with Gasteiger partial charge in [-0.15, -0.1) is 0 Å². The molecule has 0 aliphatic carbocycles. The molecule has 1 saturated heterocycles. The van der Waals surface area contributed by atoms with Crippen molar-refractivity contribution in [1.29, 1.82) is 0 Å². The number of nitrogens with zero attached hydrogens (tertiary/aromatic N) is 2. The largest absolute Gasteiger partial charge is 0.354 e. The normalized spacial score (nSPS) is 18.7. The van der Waals surface area contributed by atoms with Crippen LogP contribution in [0.5, 0.6) is 0 Å². The van der Waals surface area contributed by atoms with Crippen molar-refractivity contribution in [3.8, 4) is 0 Å². The number of amides is 2. The highest BCUT2D eigenvalue weighted by Crippen LogP contribution is 2.06. The molecule has 1 fully saturated rings. The predicted molar refractivity (Wildman–Crippen MR) is 76.9 cm³/mol. The van der Waals surface area contributed by atoms with Crippen LogP contribution in [0.2, 0.25) is 0 Å². The minimum absolute atomic E-state index is 0.153. The van der Waals surface area contributed by atoms with Crippen LogP contribution < -0.4 is 16.2 Å². The van der Waals surface area contributed by atoms with Crippen LogP contribution in [0.3, 0.4) is 0 Å². The fourth-order valence-corrected chi connectivity index (χ4v) is 2.25. The number of carbonyl (C=O) groups is 2. The Bertz CT molecular complexity index is 582. The molecule has 1 atom stereocenters. The first-order valence-corrected chi connectivity index (χ1v) is 7.28. The molecule has 1 aliphatic heterocycles. The molecule has 1 aromatic rings. The molecule has 1 aliphatic rings. The fourth-order valence-electron chi connectivity index (χ4n) is 2.25. The summed E-state index contributed by atoms with van der Waals surface area (Å²) in [6, 6.07) is 2.18. The zero-order valence-electron chi connectivity index (χ0n) is 12.1. The molecule has 2 heterocycles. The molecule has 0 bridgehead atoms. The van der Waals surface area contributed by atoms with Gasteiger partial charge in [0.1, 0.15) is 11.7 Å². The molecule has 114 valence electrons. The van der Waals surface area contributed by atoms with Crippen LogP contribution in [-0.4, -0.2) is 34.2 Å². The van der Waals surface area contributed by atoms with Gasteiger partial charge in [0, 0.05) is 19.2 Å². The average molecular weight is 292 g/mol. The lowest BCUT2D eigenvalue weighted by Gasteiger charge is -2.15. The number of carbonyl (C=O) groups excluding carboxylic acids is 2. The van der Waals surface area contributed by atoms with Crippen molar-refractivity contribution in [3.63, 3.8) is 0 Å². The molecule has 0 unspecified atom stereocenters. The van der Waals surface area contributed by atoms with Gasteiger partial charge in [-0.3, -0.25) is 14.4 Å². The van der Waals surface area contributed by atoms with Crippen LogP contribution >= 0.6 is 0 Å². The number of hydrogen-bond acceptors (Lipinski definition) is 4. The highest BCUT2D eigenvalue weighted by atomic mass is 16.2. The van der Waals surface area contributed by atoms with Gasteiger partial charge >= 0.3 is 0 Å². The standard InChI is InChI=1S/C14H20N4O3/c1-2-9-18-12(19)7-6-11(17-18)14(21)16-10-5-3-4-8-15-13(10)20/h6-7,10H,2-5,8-9H2,1H3,(H,15,20)(H,16,21)/t10-/m1/s1. The second-order valence-electron chi connectivity index (χ2n) is 5.09. The maximum absolute atomic E-state index is 12.2. The lowest BCUT2D eigenvalue weighted by molar-refractivity contribution is -0.122. The molecule has 0 radical (unpaired) electrons. The molecule has 21 heavy (non-hydrogen) atoms. The summed E-state index contributed by atoms with van der Waals surface area (Å²) >= 11 is 0. The molecular formula is C14H20N4O3. The van der Waals surface area contributed by atoms with Crippen molar-refractivity contribution in [2.75, 3.05) is 6.54 Å². The molecule has 0 saturated carbocycles. The van der Waals surface area contributed by atoms with E-state index in [0.29, 0.717) is 19.5 Å². The van der Waals surface area contributed by atoms with Gasteiger partial charge in [0.25, 0.3) is 11.5 Å². The number of hydrogen-bond donors (Lipinski definition) is 2. The first-order chi connectivity index (χ1) is 10.1. The summed E-state index contributed by atoms with van der Waals surface area (Å²) in [5.74, 6) is -0.593. The smallest absolute Gasteiger partial charge is 0.272 e. The summed E-state index contributed by atoms with van der Waals surface area (Å²) in [5, 5.41) is 9.48. The number of nitrogens with one attached hydrogen (secondary N) is 2. The summed E-state index contributed by atoms with van der Waals surface area (Å²) in [4.78, 5) is 35.5. The highest BCUT2D eigenvalue weighted by molar-refractivity contribution is 5.96. The molecule has 2 amide bonds. The van der Waals surface area contributed by atoms with Crippen LogP contribution in [0.4, 0.5) is 0 Å². The topological polar surface area (TPSA) is 93.1 Å². The predicted octanol–water partition coefficient (Wildman–Crippen LogP) is 0.0518. The zero-order valence-corrected chi connectivity index (χ0v) is 12.1. The fraction of sp³-hybridized carbons (Fsp3) is 0.571. The second kappa shape index (κ2) is 7.01. The molecular weight excluding hydrogens is 272 g/mol. The van der Waals surface area contributed by atoms with Gasteiger partial charge in [-0.25, -0.2) is 4.68 Å². The van der Waals surface area contributed by atoms with Crippen LogP contribution in [-0.2, 0) is 11.3 Å². The number of rotatable bonds is 4. The Morgan fingerprint density at radius 3 is 3.00 bits per heavy atom. The molecule has 0 spiro atoms. The summed E-state index contributed by atoms with van der Waals surface area (Å²) in [7, 11) is 0. The summed E-state index contributed by atoms with van der Waals surface area (Å²) in [5.41, 5.74) is -0.0827. The van der Waals surface area contributed by atoms with E-state index in [1.807, 2.05) is 6.92 Å². The van der Waals surface area contributed by atoms with Crippen molar-refractivity contribution in [3.05, 3.63) is 28.2 Å². The summed E-state index contributed by atoms with van der Waals surface area (Å²) in [6.45, 7) is 3.03. The Morgan fingerprint density at radius 1 is 1.43 bits per heavy atom. The van der Waals surface area contributed by atoms with Crippen molar-refractivity contribution in [2.45, 2.75) is 45.2 Å². The summed E-state index contributed by atoms with van der Waals surface area (Å²) < 4.78 is 1.27. The molecule has 2 rings (SSSR count). The average Bonchev–Trinajstić information content (AvgIpc) is 2.67. The molecule has 0 aromatic carbocycles. The molecule has 7 heteroatoms. The van der Waals surface area contributed by atoms with E-state index in [1.54, 1.807) is 0 Å². The Labute approximate surface area is 122 Å². The van der Waals surface area contributed by atoms with Gasteiger partial charge < -0.3 is 10.6 Å². The SMILES string of the molecule is CCCn1nc(C(=O)N[C@@H]2CCCCNC2=O)ccc1=O. The maximum Gasteiger partial charge on any atom is 0.272 e. The van der Waals surface area contributed by atoms with Crippen LogP contribution in [0.15, 0.2) is 16.9 Å². The van der Waals surface area contributed by atoms with E-state index < -0.39 is 11.9 Å². The number of aromatic nitrogens is 2. The van der Waals surface area contributed by atoms with Gasteiger partial charge in [0.15, 0.2) is 0 Å². The monoisotopic (exact) mass is 292 g/mol. The van der Waals surface area contributed by atoms with Crippen molar-refractivity contribution < 1.29 is 9.59 Å². The first-order valence-electron chi connectivity index (χ1n) is 7.28. The molecule has 1 aromatic heterocycles. The quantitative estimate of drug-likeness (QED) is 0.820. The summed E-state index contributed by atoms with van der Waals surface area (Å²) in [6.07, 6.45) is 3.17. The first kappa shape index (κ1) is 15.2. The third kappa shape index (κ3) is 3.90. The van der Waals surface area contributed by atoms with Gasteiger partial charge in [-0.1, -0.05) is 6.92 Å². The van der Waals surface area contributed by atoms with E-state index in [-0.39, 0.29) is 17.2 Å². The molecule has 7 nitrogen and oxygen atoms in total. The number of aryl methyl sites for hydroxylation is 1. The van der Waals surface area contributed by atoms with E-state index in [4.69, 9.17) is 0 Å². The van der Waals surface area contributed by atoms with E-state index >= 15 is 0 Å². The van der Waals surface area contributed by atoms with Crippen molar-refractivity contribution in [1.82, 2.24) is 20.4 Å². The van der Waals surface area contributed by atoms with Gasteiger partial charge in [-0.05, 0) is 31.7 Å². The minimum atomic E-state index is -0.534. The van der Waals surface area contributed by atoms with Crippen LogP contribution in [0, 0.1) is 0 Å². The minimum Gasteiger partial charge on any atom is -0.354 e. The van der Waals surface area contributed by atoms with E-state index in [2.05, 4.69) is 15.7 Å². The Morgan fingerprint density at radius 2 is 2.24 bits per heavy atom. The van der Waals surface area contributed by atoms with Crippen molar-refractivity contribution in [2.24, 2.45) is 0 Å². The lowest BCUT2D eigenvalue weighted by atomic mass is 10.1. The van der Waals surface area contributed by atoms with Crippen molar-refractivity contribution >= 4 is 11.8 Å². The Kier molecular flexibility index (Phi) is 5.08. The highest BCUT2D eigenvalue weighted by Gasteiger charge is 2.23. The third-order valence-corrected chi connectivity index (χ3v) is 3.38. The van der Waals surface area contributed by atoms with E-state index in [1.165, 1.54) is 16.8 Å². The van der Waals surface area contributed by atoms with E-state index in [9.17, 15) is 14.4 Å². The zero-order chi connectivity index (χ0) is 15.2. The van der Waals surface area contributed by atoms with Gasteiger partial charge in [0.2, 0.25) is 5.91 Å². The maximum atomic E-state index is 12.2. The van der Waals surface area contributed by atoms with Crippen LogP contribution in [0.25, 0.3) is 0 Å². The Hall–Kier alpha value is -2.18. The lowest BCUT2D eigenvalue weighted by Crippen LogP contribution is -2.46. The van der Waals surface area contributed by atoms with Gasteiger partial charge in [0.05, 0.1) is 0 Å². The van der Waals surface area contributed by atoms with E-state index in [0.717, 1.165) is 19.3 Å².